The molecule has 2 aliphatic rings. The van der Waals surface area contributed by atoms with Crippen molar-refractivity contribution in [2.24, 2.45) is 0 Å². The van der Waals surface area contributed by atoms with Crippen LogP contribution in [0.15, 0.2) is 77.5 Å². The molecular formula is C30H26ClN3O3. The van der Waals surface area contributed by atoms with Gasteiger partial charge in [0.1, 0.15) is 5.76 Å². The molecule has 2 aromatic carbocycles. The number of ketones is 1. The number of carbonyl (C=O) groups excluding carboxylic acids is 2. The molecule has 3 heterocycles. The van der Waals surface area contributed by atoms with Gasteiger partial charge in [0.05, 0.1) is 0 Å². The molecule has 0 bridgehead atoms. The first kappa shape index (κ1) is 23.6. The predicted octanol–water partition coefficient (Wildman–Crippen LogP) is 5.75. The van der Waals surface area contributed by atoms with Crippen LogP contribution >= 0.6 is 11.6 Å². The van der Waals surface area contributed by atoms with Gasteiger partial charge in [0.25, 0.3) is 5.91 Å². The van der Waals surface area contributed by atoms with E-state index in [4.69, 9.17) is 16.0 Å². The zero-order valence-corrected chi connectivity index (χ0v) is 21.1. The molecule has 0 radical (unpaired) electrons. The van der Waals surface area contributed by atoms with E-state index in [1.807, 2.05) is 59.5 Å². The molecule has 186 valence electrons. The van der Waals surface area contributed by atoms with Gasteiger partial charge in [-0.25, -0.2) is 0 Å². The van der Waals surface area contributed by atoms with Crippen molar-refractivity contribution >= 4 is 23.3 Å². The normalized spacial score (nSPS) is 15.7. The fraction of sp³-hybridized carbons (Fsp3) is 0.233. The van der Waals surface area contributed by atoms with E-state index in [1.165, 1.54) is 5.56 Å². The van der Waals surface area contributed by atoms with E-state index in [2.05, 4.69) is 16.0 Å². The van der Waals surface area contributed by atoms with Crippen molar-refractivity contribution in [3.8, 4) is 22.5 Å². The van der Waals surface area contributed by atoms with E-state index in [0.717, 1.165) is 58.9 Å². The van der Waals surface area contributed by atoms with Crippen LogP contribution in [-0.4, -0.2) is 52.7 Å². The van der Waals surface area contributed by atoms with Gasteiger partial charge in [-0.2, -0.15) is 0 Å². The molecule has 1 amide bonds. The fourth-order valence-electron chi connectivity index (χ4n) is 5.16. The topological polar surface area (TPSA) is 66.7 Å². The number of nitrogens with zero attached hydrogens (tertiary/aromatic N) is 3. The molecule has 0 N–H and O–H groups in total. The molecule has 0 spiro atoms. The minimum atomic E-state index is -0.107. The summed E-state index contributed by atoms with van der Waals surface area (Å²) in [5.74, 6) is 1.04. The number of carbonyl (C=O) groups is 2. The molecule has 1 aliphatic heterocycles. The molecule has 37 heavy (non-hydrogen) atoms. The standard InChI is InChI=1S/C30H26ClN3O3/c31-24-5-1-20(2-6-24)19-33-13-15-34(16-14-33)30(36)28-18-26(29(37-28)21-9-11-32-12-10-21)23-3-7-25-22(17-23)4-8-27(25)35/h1-3,5-7,9-12,17-18H,4,8,13-16,19H2. The Labute approximate surface area is 220 Å². The molecule has 4 aromatic rings. The van der Waals surface area contributed by atoms with Gasteiger partial charge in [-0.05, 0) is 53.4 Å². The predicted molar refractivity (Wildman–Crippen MR) is 143 cm³/mol. The van der Waals surface area contributed by atoms with Crippen LogP contribution in [0.1, 0.15) is 38.5 Å². The van der Waals surface area contributed by atoms with Crippen LogP contribution in [0, 0.1) is 0 Å². The number of rotatable bonds is 5. The summed E-state index contributed by atoms with van der Waals surface area (Å²) in [6.07, 6.45) is 4.72. The van der Waals surface area contributed by atoms with E-state index >= 15 is 0 Å². The molecular weight excluding hydrogens is 486 g/mol. The average Bonchev–Trinajstić information content (AvgIpc) is 3.54. The van der Waals surface area contributed by atoms with Crippen molar-refractivity contribution < 1.29 is 14.0 Å². The van der Waals surface area contributed by atoms with Crippen molar-refractivity contribution in [3.05, 3.63) is 101 Å². The molecule has 7 heteroatoms. The maximum Gasteiger partial charge on any atom is 0.289 e. The summed E-state index contributed by atoms with van der Waals surface area (Å²) in [4.78, 5) is 33.9. The van der Waals surface area contributed by atoms with Crippen molar-refractivity contribution in [2.75, 3.05) is 26.2 Å². The Bertz CT molecular complexity index is 1460. The third-order valence-electron chi connectivity index (χ3n) is 7.20. The highest BCUT2D eigenvalue weighted by Crippen LogP contribution is 2.37. The van der Waals surface area contributed by atoms with E-state index in [0.29, 0.717) is 31.0 Å². The zero-order valence-electron chi connectivity index (χ0n) is 20.3. The monoisotopic (exact) mass is 511 g/mol. The molecule has 0 unspecified atom stereocenters. The molecule has 1 saturated heterocycles. The van der Waals surface area contributed by atoms with Gasteiger partial charge in [-0.1, -0.05) is 41.9 Å². The summed E-state index contributed by atoms with van der Waals surface area (Å²) in [6, 6.07) is 19.4. The number of Topliss-reactive ketones (excluding diaryl/α,β-unsaturated/α-hetero) is 1. The Hall–Kier alpha value is -3.74. The number of hydrogen-bond donors (Lipinski definition) is 0. The quantitative estimate of drug-likeness (QED) is 0.341. The first-order valence-corrected chi connectivity index (χ1v) is 12.9. The van der Waals surface area contributed by atoms with Crippen molar-refractivity contribution in [2.45, 2.75) is 19.4 Å². The van der Waals surface area contributed by atoms with Crippen LogP contribution in [0.25, 0.3) is 22.5 Å². The largest absolute Gasteiger partial charge is 0.450 e. The number of furan rings is 1. The lowest BCUT2D eigenvalue weighted by Gasteiger charge is -2.34. The van der Waals surface area contributed by atoms with E-state index in [1.54, 1.807) is 12.4 Å². The van der Waals surface area contributed by atoms with Crippen molar-refractivity contribution in [1.29, 1.82) is 0 Å². The van der Waals surface area contributed by atoms with Gasteiger partial charge < -0.3 is 9.32 Å². The Balaban J connectivity index is 1.23. The van der Waals surface area contributed by atoms with Gasteiger partial charge in [0.15, 0.2) is 11.5 Å². The van der Waals surface area contributed by atoms with Crippen molar-refractivity contribution in [1.82, 2.24) is 14.8 Å². The summed E-state index contributed by atoms with van der Waals surface area (Å²) in [5, 5.41) is 0.733. The average molecular weight is 512 g/mol. The number of fused-ring (bicyclic) bond motifs is 1. The number of piperazine rings is 1. The van der Waals surface area contributed by atoms with E-state index in [9.17, 15) is 9.59 Å². The first-order valence-electron chi connectivity index (χ1n) is 12.5. The summed E-state index contributed by atoms with van der Waals surface area (Å²) in [5.41, 5.74) is 5.69. The third kappa shape index (κ3) is 4.82. The van der Waals surface area contributed by atoms with Crippen LogP contribution in [0.3, 0.4) is 0 Å². The summed E-state index contributed by atoms with van der Waals surface area (Å²) in [6.45, 7) is 3.68. The summed E-state index contributed by atoms with van der Waals surface area (Å²) < 4.78 is 6.23. The van der Waals surface area contributed by atoms with Crippen LogP contribution < -0.4 is 0 Å². The van der Waals surface area contributed by atoms with E-state index < -0.39 is 0 Å². The second-order valence-electron chi connectivity index (χ2n) is 9.58. The number of halogens is 1. The second kappa shape index (κ2) is 9.96. The number of aryl methyl sites for hydroxylation is 1. The lowest BCUT2D eigenvalue weighted by Crippen LogP contribution is -2.48. The minimum Gasteiger partial charge on any atom is -0.450 e. The highest BCUT2D eigenvalue weighted by molar-refractivity contribution is 6.30. The van der Waals surface area contributed by atoms with Crippen LogP contribution in [0.4, 0.5) is 0 Å². The molecule has 1 aliphatic carbocycles. The number of pyridine rings is 1. The van der Waals surface area contributed by atoms with Gasteiger partial charge >= 0.3 is 0 Å². The Morgan fingerprint density at radius 3 is 2.38 bits per heavy atom. The number of aromatic nitrogens is 1. The van der Waals surface area contributed by atoms with Crippen LogP contribution in [-0.2, 0) is 13.0 Å². The van der Waals surface area contributed by atoms with E-state index in [-0.39, 0.29) is 11.7 Å². The van der Waals surface area contributed by atoms with Gasteiger partial charge in [-0.15, -0.1) is 0 Å². The smallest absolute Gasteiger partial charge is 0.289 e. The van der Waals surface area contributed by atoms with Gasteiger partial charge in [0.2, 0.25) is 0 Å². The number of hydrogen-bond acceptors (Lipinski definition) is 5. The molecule has 0 saturated carbocycles. The van der Waals surface area contributed by atoms with Crippen molar-refractivity contribution in [3.63, 3.8) is 0 Å². The molecule has 2 aromatic heterocycles. The number of benzene rings is 2. The Kier molecular flexibility index (Phi) is 6.37. The molecule has 6 rings (SSSR count). The van der Waals surface area contributed by atoms with Crippen LogP contribution in [0.5, 0.6) is 0 Å². The highest BCUT2D eigenvalue weighted by atomic mass is 35.5. The van der Waals surface area contributed by atoms with Gasteiger partial charge in [0, 0.05) is 73.3 Å². The first-order chi connectivity index (χ1) is 18.0. The molecule has 0 atom stereocenters. The Morgan fingerprint density at radius 1 is 0.865 bits per heavy atom. The van der Waals surface area contributed by atoms with Crippen LogP contribution in [0.2, 0.25) is 5.02 Å². The number of amides is 1. The molecule has 6 nitrogen and oxygen atoms in total. The maximum atomic E-state index is 13.5. The maximum absolute atomic E-state index is 13.5. The summed E-state index contributed by atoms with van der Waals surface area (Å²) in [7, 11) is 0. The third-order valence-corrected chi connectivity index (χ3v) is 7.45. The van der Waals surface area contributed by atoms with Gasteiger partial charge in [-0.3, -0.25) is 19.5 Å². The lowest BCUT2D eigenvalue weighted by molar-refractivity contribution is 0.0598. The lowest BCUT2D eigenvalue weighted by atomic mass is 9.98. The summed E-state index contributed by atoms with van der Waals surface area (Å²) >= 11 is 6.00. The SMILES string of the molecule is O=C1CCc2cc(-c3cc(C(=O)N4CCN(Cc5ccc(Cl)cc5)CC4)oc3-c3ccncc3)ccc21. The molecule has 1 fully saturated rings. The minimum absolute atomic E-state index is 0.107. The second-order valence-corrected chi connectivity index (χ2v) is 10.0. The Morgan fingerprint density at radius 2 is 1.62 bits per heavy atom. The highest BCUT2D eigenvalue weighted by Gasteiger charge is 2.27. The fourth-order valence-corrected chi connectivity index (χ4v) is 5.29. The zero-order chi connectivity index (χ0) is 25.4.